The predicted molar refractivity (Wildman–Crippen MR) is 82.7 cm³/mol. The Labute approximate surface area is 127 Å². The molecule has 0 fully saturated rings. The Kier molecular flexibility index (Phi) is 4.66. The molecule has 0 aliphatic rings. The molecule has 0 spiro atoms. The van der Waals surface area contributed by atoms with Gasteiger partial charge in [0.05, 0.1) is 23.0 Å². The first-order valence-corrected chi connectivity index (χ1v) is 7.38. The maximum Gasteiger partial charge on any atom is 0.0837 e. The first-order valence-electron chi connectivity index (χ1n) is 6.20. The fourth-order valence-electron chi connectivity index (χ4n) is 2.18. The average molecular weight is 343 g/mol. The van der Waals surface area contributed by atoms with E-state index in [1.165, 1.54) is 0 Å². The number of hydrogen-bond donors (Lipinski definition) is 1. The van der Waals surface area contributed by atoms with E-state index in [0.29, 0.717) is 5.02 Å². The molecule has 1 N–H and O–H groups in total. The van der Waals surface area contributed by atoms with E-state index in [-0.39, 0.29) is 12.1 Å². The lowest BCUT2D eigenvalue weighted by Gasteiger charge is -2.22. The molecule has 0 aliphatic heterocycles. The van der Waals surface area contributed by atoms with Crippen LogP contribution in [-0.2, 0) is 0 Å². The Morgan fingerprint density at radius 1 is 1.32 bits per heavy atom. The fourth-order valence-corrected chi connectivity index (χ4v) is 2.93. The van der Waals surface area contributed by atoms with E-state index < -0.39 is 0 Å². The Hall–Kier alpha value is -0.840. The third-order valence-corrected chi connectivity index (χ3v) is 4.07. The summed E-state index contributed by atoms with van der Waals surface area (Å²) in [5.41, 5.74) is 2.14. The highest BCUT2D eigenvalue weighted by molar-refractivity contribution is 9.10. The lowest BCUT2D eigenvalue weighted by atomic mass is 10.0. The van der Waals surface area contributed by atoms with Crippen LogP contribution in [-0.4, -0.2) is 16.8 Å². The van der Waals surface area contributed by atoms with E-state index in [1.54, 1.807) is 6.20 Å². The van der Waals surface area contributed by atoms with Gasteiger partial charge in [-0.3, -0.25) is 4.68 Å². The maximum absolute atomic E-state index is 6.33. The molecule has 2 aromatic rings. The third-order valence-electron chi connectivity index (χ3n) is 3.05. The summed E-state index contributed by atoms with van der Waals surface area (Å²) < 4.78 is 3.02. The summed E-state index contributed by atoms with van der Waals surface area (Å²) in [4.78, 5) is 0. The van der Waals surface area contributed by atoms with E-state index in [4.69, 9.17) is 11.6 Å². The molecular formula is C14H17BrClN3. The molecule has 0 saturated heterocycles. The van der Waals surface area contributed by atoms with E-state index in [9.17, 15) is 0 Å². The van der Waals surface area contributed by atoms with Crippen molar-refractivity contribution in [1.29, 1.82) is 0 Å². The van der Waals surface area contributed by atoms with Crippen LogP contribution in [0.1, 0.15) is 37.2 Å². The summed E-state index contributed by atoms with van der Waals surface area (Å²) in [6.07, 6.45) is 1.71. The summed E-state index contributed by atoms with van der Waals surface area (Å²) in [5.74, 6) is 0. The minimum Gasteiger partial charge on any atom is -0.308 e. The van der Waals surface area contributed by atoms with Crippen molar-refractivity contribution >= 4 is 27.5 Å². The molecule has 1 aromatic carbocycles. The van der Waals surface area contributed by atoms with Gasteiger partial charge in [-0.15, -0.1) is 0 Å². The summed E-state index contributed by atoms with van der Waals surface area (Å²) in [6.45, 7) is 4.19. The van der Waals surface area contributed by atoms with Crippen molar-refractivity contribution in [2.45, 2.75) is 25.9 Å². The van der Waals surface area contributed by atoms with Gasteiger partial charge >= 0.3 is 0 Å². The Morgan fingerprint density at radius 3 is 2.58 bits per heavy atom. The van der Waals surface area contributed by atoms with Crippen molar-refractivity contribution < 1.29 is 0 Å². The lowest BCUT2D eigenvalue weighted by molar-refractivity contribution is 0.484. The van der Waals surface area contributed by atoms with Crippen LogP contribution >= 0.6 is 27.5 Å². The molecule has 19 heavy (non-hydrogen) atoms. The van der Waals surface area contributed by atoms with Crippen LogP contribution in [0.4, 0.5) is 0 Å². The summed E-state index contributed by atoms with van der Waals surface area (Å²) >= 11 is 9.92. The lowest BCUT2D eigenvalue weighted by Crippen LogP contribution is -2.23. The number of nitrogens with zero attached hydrogens (tertiary/aromatic N) is 2. The third kappa shape index (κ3) is 2.86. The van der Waals surface area contributed by atoms with Crippen LogP contribution in [0.15, 0.2) is 34.9 Å². The highest BCUT2D eigenvalue weighted by Gasteiger charge is 2.23. The van der Waals surface area contributed by atoms with Crippen molar-refractivity contribution in [1.82, 2.24) is 15.1 Å². The molecule has 1 heterocycles. The molecule has 102 valence electrons. The SMILES string of the molecule is CNC(c1ccccc1Br)c1c(Cl)cnn1C(C)C. The molecule has 0 saturated carbocycles. The predicted octanol–water partition coefficient (Wildman–Crippen LogP) is 4.19. The van der Waals surface area contributed by atoms with Gasteiger partial charge in [-0.1, -0.05) is 45.7 Å². The smallest absolute Gasteiger partial charge is 0.0837 e. The van der Waals surface area contributed by atoms with Gasteiger partial charge in [0.1, 0.15) is 0 Å². The van der Waals surface area contributed by atoms with Crippen molar-refractivity contribution in [2.75, 3.05) is 7.05 Å². The minimum absolute atomic E-state index is 0.00738. The standard InChI is InChI=1S/C14H17BrClN3/c1-9(2)19-14(12(16)8-18-19)13(17-3)10-6-4-5-7-11(10)15/h4-9,13,17H,1-3H3. The summed E-state index contributed by atoms with van der Waals surface area (Å²) in [6, 6.07) is 8.41. The van der Waals surface area contributed by atoms with E-state index >= 15 is 0 Å². The first kappa shape index (κ1) is 14.6. The largest absolute Gasteiger partial charge is 0.308 e. The number of hydrogen-bond acceptors (Lipinski definition) is 2. The number of benzene rings is 1. The second-order valence-electron chi connectivity index (χ2n) is 4.66. The van der Waals surface area contributed by atoms with Gasteiger partial charge in [-0.05, 0) is 32.5 Å². The van der Waals surface area contributed by atoms with Gasteiger partial charge in [0.2, 0.25) is 0 Å². The van der Waals surface area contributed by atoms with Crippen LogP contribution in [0.3, 0.4) is 0 Å². The normalized spacial score (nSPS) is 12.9. The van der Waals surface area contributed by atoms with Crippen molar-refractivity contribution in [3.63, 3.8) is 0 Å². The molecule has 1 unspecified atom stereocenters. The van der Waals surface area contributed by atoms with Gasteiger partial charge in [-0.25, -0.2) is 0 Å². The molecule has 0 aliphatic carbocycles. The zero-order valence-electron chi connectivity index (χ0n) is 11.2. The van der Waals surface area contributed by atoms with Crippen LogP contribution in [0.25, 0.3) is 0 Å². The van der Waals surface area contributed by atoms with E-state index in [0.717, 1.165) is 15.7 Å². The zero-order valence-corrected chi connectivity index (χ0v) is 13.5. The van der Waals surface area contributed by atoms with Gasteiger partial charge in [0, 0.05) is 10.5 Å². The summed E-state index contributed by atoms with van der Waals surface area (Å²) in [5, 5.41) is 8.38. The number of halogens is 2. The molecule has 0 radical (unpaired) electrons. The molecule has 2 rings (SSSR count). The second-order valence-corrected chi connectivity index (χ2v) is 5.92. The van der Waals surface area contributed by atoms with Gasteiger partial charge in [0.25, 0.3) is 0 Å². The molecular weight excluding hydrogens is 326 g/mol. The number of rotatable bonds is 4. The van der Waals surface area contributed by atoms with Crippen molar-refractivity contribution in [2.24, 2.45) is 0 Å². The maximum atomic E-state index is 6.33. The zero-order chi connectivity index (χ0) is 14.0. The molecule has 5 heteroatoms. The molecule has 3 nitrogen and oxygen atoms in total. The first-order chi connectivity index (χ1) is 9.06. The van der Waals surface area contributed by atoms with E-state index in [2.05, 4.69) is 46.3 Å². The number of aromatic nitrogens is 2. The Morgan fingerprint density at radius 2 is 2.00 bits per heavy atom. The average Bonchev–Trinajstić information content (AvgIpc) is 2.75. The van der Waals surface area contributed by atoms with Gasteiger partial charge < -0.3 is 5.32 Å². The fraction of sp³-hybridized carbons (Fsp3) is 0.357. The van der Waals surface area contributed by atoms with Crippen molar-refractivity contribution in [3.8, 4) is 0 Å². The Bertz CT molecular complexity index is 566. The Balaban J connectivity index is 2.55. The van der Waals surface area contributed by atoms with E-state index in [1.807, 2.05) is 29.9 Å². The van der Waals surface area contributed by atoms with Crippen LogP contribution in [0.2, 0.25) is 5.02 Å². The highest BCUT2D eigenvalue weighted by Crippen LogP contribution is 2.33. The highest BCUT2D eigenvalue weighted by atomic mass is 79.9. The van der Waals surface area contributed by atoms with Crippen LogP contribution in [0.5, 0.6) is 0 Å². The summed E-state index contributed by atoms with van der Waals surface area (Å²) in [7, 11) is 1.93. The molecule has 1 aromatic heterocycles. The van der Waals surface area contributed by atoms with Gasteiger partial charge in [-0.2, -0.15) is 5.10 Å². The molecule has 1 atom stereocenters. The number of nitrogens with one attached hydrogen (secondary N) is 1. The topological polar surface area (TPSA) is 29.9 Å². The van der Waals surface area contributed by atoms with Crippen LogP contribution < -0.4 is 5.32 Å². The monoisotopic (exact) mass is 341 g/mol. The quantitative estimate of drug-likeness (QED) is 0.903. The molecule has 0 bridgehead atoms. The van der Waals surface area contributed by atoms with Crippen LogP contribution in [0, 0.1) is 0 Å². The van der Waals surface area contributed by atoms with Gasteiger partial charge in [0.15, 0.2) is 0 Å². The van der Waals surface area contributed by atoms with Crippen molar-refractivity contribution in [3.05, 3.63) is 51.2 Å². The minimum atomic E-state index is 0.00738. The molecule has 0 amide bonds. The second kappa shape index (κ2) is 6.07.